The van der Waals surface area contributed by atoms with Crippen molar-refractivity contribution in [3.63, 3.8) is 0 Å². The van der Waals surface area contributed by atoms with Crippen LogP contribution in [0.15, 0.2) is 30.7 Å². The molecule has 1 saturated heterocycles. The molecule has 5 nitrogen and oxygen atoms in total. The number of aromatic nitrogens is 2. The fourth-order valence-electron chi connectivity index (χ4n) is 1.93. The summed E-state index contributed by atoms with van der Waals surface area (Å²) in [4.78, 5) is 4.22. The molecule has 106 valence electrons. The van der Waals surface area contributed by atoms with Crippen LogP contribution in [0.4, 0.5) is 0 Å². The fourth-order valence-corrected chi connectivity index (χ4v) is 1.93. The van der Waals surface area contributed by atoms with Gasteiger partial charge >= 0.3 is 0 Å². The molecule has 1 fully saturated rings. The van der Waals surface area contributed by atoms with Crippen molar-refractivity contribution in [3.05, 3.63) is 36.3 Å². The molecular formula is C15H21N5. The van der Waals surface area contributed by atoms with Crippen LogP contribution in [-0.4, -0.2) is 28.0 Å². The molecule has 2 aromatic heterocycles. The van der Waals surface area contributed by atoms with E-state index in [-0.39, 0.29) is 11.0 Å². The van der Waals surface area contributed by atoms with Crippen LogP contribution in [0.1, 0.15) is 26.3 Å². The highest BCUT2D eigenvalue weighted by molar-refractivity contribution is 5.47. The van der Waals surface area contributed by atoms with Gasteiger partial charge in [-0.1, -0.05) is 0 Å². The molecule has 0 amide bonds. The lowest BCUT2D eigenvalue weighted by atomic mass is 9.77. The molecule has 1 aliphatic rings. The lowest BCUT2D eigenvalue weighted by Crippen LogP contribution is -2.55. The highest BCUT2D eigenvalue weighted by Gasteiger charge is 2.39. The second-order valence-corrected chi connectivity index (χ2v) is 6.27. The van der Waals surface area contributed by atoms with Gasteiger partial charge in [-0.15, -0.1) is 0 Å². The molecule has 0 aliphatic carbocycles. The van der Waals surface area contributed by atoms with Gasteiger partial charge in [0, 0.05) is 37.2 Å². The van der Waals surface area contributed by atoms with E-state index in [2.05, 4.69) is 16.4 Å². The molecule has 20 heavy (non-hydrogen) atoms. The fraction of sp³-hybridized carbons (Fsp3) is 0.467. The number of rotatable bonds is 1. The molecule has 0 bridgehead atoms. The van der Waals surface area contributed by atoms with Gasteiger partial charge in [-0.3, -0.25) is 0 Å². The van der Waals surface area contributed by atoms with E-state index in [0.717, 1.165) is 24.3 Å². The third kappa shape index (κ3) is 3.16. The van der Waals surface area contributed by atoms with Crippen LogP contribution in [0.25, 0.3) is 5.65 Å². The van der Waals surface area contributed by atoms with E-state index >= 15 is 0 Å². The first-order valence-electron chi connectivity index (χ1n) is 6.68. The van der Waals surface area contributed by atoms with Gasteiger partial charge in [0.2, 0.25) is 0 Å². The van der Waals surface area contributed by atoms with Crippen molar-refractivity contribution in [2.75, 3.05) is 13.1 Å². The van der Waals surface area contributed by atoms with Crippen molar-refractivity contribution in [1.29, 1.82) is 5.26 Å². The number of nitriles is 1. The summed E-state index contributed by atoms with van der Waals surface area (Å²) in [5.74, 6) is 0. The average molecular weight is 271 g/mol. The number of hydrogen-bond acceptors (Lipinski definition) is 4. The smallest absolute Gasteiger partial charge is 0.136 e. The minimum atomic E-state index is -0.340. The Morgan fingerprint density at radius 1 is 1.40 bits per heavy atom. The maximum atomic E-state index is 9.20. The summed E-state index contributed by atoms with van der Waals surface area (Å²) in [5, 5.41) is 12.3. The minimum Gasteiger partial charge on any atom is -0.326 e. The van der Waals surface area contributed by atoms with Crippen LogP contribution < -0.4 is 11.1 Å². The molecule has 5 heteroatoms. The Balaban J connectivity index is 0.000000257. The number of pyridine rings is 1. The van der Waals surface area contributed by atoms with E-state index in [4.69, 9.17) is 5.73 Å². The molecule has 0 unspecified atom stereocenters. The van der Waals surface area contributed by atoms with Gasteiger partial charge in [-0.25, -0.2) is 4.98 Å². The monoisotopic (exact) mass is 271 g/mol. The molecule has 0 saturated carbocycles. The first-order chi connectivity index (χ1) is 9.34. The predicted octanol–water partition coefficient (Wildman–Crippen LogP) is 1.44. The van der Waals surface area contributed by atoms with Gasteiger partial charge in [0.1, 0.15) is 11.1 Å². The summed E-state index contributed by atoms with van der Waals surface area (Å²) in [5.41, 5.74) is 6.97. The Hall–Kier alpha value is -1.90. The third-order valence-corrected chi connectivity index (χ3v) is 3.02. The van der Waals surface area contributed by atoms with Gasteiger partial charge in [0.15, 0.2) is 0 Å². The van der Waals surface area contributed by atoms with Crippen LogP contribution >= 0.6 is 0 Å². The van der Waals surface area contributed by atoms with Crippen molar-refractivity contribution < 1.29 is 0 Å². The molecule has 3 N–H and O–H groups in total. The maximum Gasteiger partial charge on any atom is 0.136 e. The van der Waals surface area contributed by atoms with Gasteiger partial charge in [-0.2, -0.15) is 5.26 Å². The lowest BCUT2D eigenvalue weighted by Gasteiger charge is -2.36. The van der Waals surface area contributed by atoms with Crippen molar-refractivity contribution in [2.45, 2.75) is 31.7 Å². The first kappa shape index (κ1) is 14.5. The zero-order valence-corrected chi connectivity index (χ0v) is 12.2. The van der Waals surface area contributed by atoms with E-state index in [0.29, 0.717) is 0 Å². The Labute approximate surface area is 119 Å². The number of nitrogens with one attached hydrogen (secondary N) is 1. The molecule has 0 aromatic carbocycles. The largest absolute Gasteiger partial charge is 0.326 e. The van der Waals surface area contributed by atoms with Crippen LogP contribution in [0.3, 0.4) is 0 Å². The van der Waals surface area contributed by atoms with Crippen LogP contribution in [0, 0.1) is 11.3 Å². The highest BCUT2D eigenvalue weighted by atomic mass is 15.0. The van der Waals surface area contributed by atoms with Crippen molar-refractivity contribution in [1.82, 2.24) is 14.7 Å². The maximum absolute atomic E-state index is 9.20. The van der Waals surface area contributed by atoms with Crippen molar-refractivity contribution in [2.24, 2.45) is 5.73 Å². The second-order valence-electron chi connectivity index (χ2n) is 6.27. The normalized spacial score (nSPS) is 16.8. The quantitative estimate of drug-likeness (QED) is 0.822. The Morgan fingerprint density at radius 3 is 2.55 bits per heavy atom. The van der Waals surface area contributed by atoms with Gasteiger partial charge in [0.25, 0.3) is 0 Å². The summed E-state index contributed by atoms with van der Waals surface area (Å²) in [7, 11) is 0. The average Bonchev–Trinajstić information content (AvgIpc) is 2.73. The Kier molecular flexibility index (Phi) is 3.80. The minimum absolute atomic E-state index is 0. The second kappa shape index (κ2) is 5.23. The third-order valence-electron chi connectivity index (χ3n) is 3.02. The van der Waals surface area contributed by atoms with E-state index in [9.17, 15) is 5.26 Å². The number of imidazole rings is 1. The molecule has 1 aliphatic heterocycles. The van der Waals surface area contributed by atoms with E-state index in [1.165, 1.54) is 0 Å². The molecule has 2 aromatic rings. The molecule has 0 spiro atoms. The van der Waals surface area contributed by atoms with Crippen LogP contribution in [0.2, 0.25) is 0 Å². The lowest BCUT2D eigenvalue weighted by molar-refractivity contribution is 0.357. The summed E-state index contributed by atoms with van der Waals surface area (Å²) in [6, 6.07) is 6.38. The summed E-state index contributed by atoms with van der Waals surface area (Å²) < 4.78 is 1.95. The van der Waals surface area contributed by atoms with E-state index < -0.39 is 0 Å². The van der Waals surface area contributed by atoms with E-state index in [1.54, 1.807) is 6.20 Å². The summed E-state index contributed by atoms with van der Waals surface area (Å²) in [6.45, 7) is 7.37. The zero-order chi connectivity index (χ0) is 14.8. The molecule has 3 rings (SSSR count). The van der Waals surface area contributed by atoms with Crippen molar-refractivity contribution >= 4 is 5.65 Å². The standard InChI is InChI=1S/C11H10N4.C4H11N/c12-6-11(7-13-8-11)9-1-3-15-4-2-14-10(15)5-9;1-4(2,3)5/h1-5,13H,7-8H2;5H2,1-3H3. The molecule has 3 heterocycles. The number of nitrogens with two attached hydrogens (primary N) is 1. The summed E-state index contributed by atoms with van der Waals surface area (Å²) >= 11 is 0. The number of hydrogen-bond donors (Lipinski definition) is 2. The molecular weight excluding hydrogens is 250 g/mol. The summed E-state index contributed by atoms with van der Waals surface area (Å²) in [6.07, 6.45) is 5.61. The number of nitrogens with zero attached hydrogens (tertiary/aromatic N) is 3. The number of fused-ring (bicyclic) bond motifs is 1. The van der Waals surface area contributed by atoms with Crippen molar-refractivity contribution in [3.8, 4) is 6.07 Å². The highest BCUT2D eigenvalue weighted by Crippen LogP contribution is 2.28. The van der Waals surface area contributed by atoms with Gasteiger partial charge in [-0.05, 0) is 38.5 Å². The first-order valence-corrected chi connectivity index (χ1v) is 6.68. The SMILES string of the molecule is CC(C)(C)N.N#CC1(c2ccn3ccnc3c2)CNC1. The van der Waals surface area contributed by atoms with Crippen LogP contribution in [-0.2, 0) is 5.41 Å². The van der Waals surface area contributed by atoms with Crippen LogP contribution in [0.5, 0.6) is 0 Å². The van der Waals surface area contributed by atoms with Gasteiger partial charge < -0.3 is 15.5 Å². The predicted molar refractivity (Wildman–Crippen MR) is 79.3 cm³/mol. The Morgan fingerprint density at radius 2 is 2.05 bits per heavy atom. The van der Waals surface area contributed by atoms with E-state index in [1.807, 2.05) is 49.7 Å². The molecule has 0 atom stereocenters. The Bertz CT molecular complexity index is 619. The molecule has 0 radical (unpaired) electrons. The zero-order valence-electron chi connectivity index (χ0n) is 12.2. The van der Waals surface area contributed by atoms with Gasteiger partial charge in [0.05, 0.1) is 6.07 Å². The topological polar surface area (TPSA) is 79.1 Å².